The van der Waals surface area contributed by atoms with Gasteiger partial charge < -0.3 is 9.94 Å². The zero-order valence-electron chi connectivity index (χ0n) is 14.6. The Morgan fingerprint density at radius 3 is 2.78 bits per heavy atom. The van der Waals surface area contributed by atoms with Crippen molar-refractivity contribution in [1.29, 1.82) is 0 Å². The van der Waals surface area contributed by atoms with Gasteiger partial charge in [0.2, 0.25) is 0 Å². The number of benzene rings is 1. The molecule has 1 aromatic carbocycles. The molecule has 0 radical (unpaired) electrons. The highest BCUT2D eigenvalue weighted by atomic mass is 16.6. The van der Waals surface area contributed by atoms with Gasteiger partial charge in [-0.3, -0.25) is 9.38 Å². The van der Waals surface area contributed by atoms with E-state index in [-0.39, 0.29) is 13.2 Å². The van der Waals surface area contributed by atoms with Crippen LogP contribution in [0.5, 0.6) is 0 Å². The van der Waals surface area contributed by atoms with Crippen LogP contribution in [0.3, 0.4) is 0 Å². The predicted octanol–water partition coefficient (Wildman–Crippen LogP) is 3.41. The molecule has 134 valence electrons. The average Bonchev–Trinajstić information content (AvgIpc) is 3.15. The van der Waals surface area contributed by atoms with Crippen molar-refractivity contribution in [3.05, 3.63) is 78.9 Å². The van der Waals surface area contributed by atoms with Crippen LogP contribution in [0.1, 0.15) is 5.56 Å². The monoisotopic (exact) mass is 358 g/mol. The van der Waals surface area contributed by atoms with Crippen LogP contribution in [0, 0.1) is 0 Å². The molecule has 0 saturated heterocycles. The minimum absolute atomic E-state index is 0.0574. The molecular weight excluding hydrogens is 340 g/mol. The van der Waals surface area contributed by atoms with Crippen LogP contribution in [0.25, 0.3) is 28.0 Å². The highest BCUT2D eigenvalue weighted by molar-refractivity contribution is 5.81. The van der Waals surface area contributed by atoms with Crippen LogP contribution < -0.4 is 0 Å². The fourth-order valence-electron chi connectivity index (χ4n) is 2.87. The minimum atomic E-state index is -0.0574. The number of imidazole rings is 1. The average molecular weight is 358 g/mol. The Morgan fingerprint density at radius 1 is 1.04 bits per heavy atom. The van der Waals surface area contributed by atoms with E-state index in [1.54, 1.807) is 12.4 Å². The number of oxime groups is 1. The highest BCUT2D eigenvalue weighted by Gasteiger charge is 2.08. The van der Waals surface area contributed by atoms with E-state index in [4.69, 9.17) is 9.94 Å². The van der Waals surface area contributed by atoms with E-state index in [0.29, 0.717) is 0 Å². The third kappa shape index (κ3) is 3.70. The lowest BCUT2D eigenvalue weighted by molar-refractivity contribution is 0.0997. The predicted molar refractivity (Wildman–Crippen MR) is 104 cm³/mol. The van der Waals surface area contributed by atoms with Crippen molar-refractivity contribution in [3.8, 4) is 22.4 Å². The number of nitrogens with zero attached hydrogens (tertiary/aromatic N) is 4. The first kappa shape index (κ1) is 16.9. The molecule has 0 fully saturated rings. The first-order valence-electron chi connectivity index (χ1n) is 8.59. The first-order chi connectivity index (χ1) is 13.3. The van der Waals surface area contributed by atoms with Crippen molar-refractivity contribution in [2.45, 2.75) is 0 Å². The standard InChI is InChI=1S/C21H18N4O2/c26-9-10-27-24-13-16-6-8-25-20(15-23-21(25)11-16)18-4-1-3-17(12-18)19-5-2-7-22-14-19/h1-8,11-15,26H,9-10H2. The third-order valence-electron chi connectivity index (χ3n) is 4.15. The van der Waals surface area contributed by atoms with E-state index >= 15 is 0 Å². The molecule has 27 heavy (non-hydrogen) atoms. The van der Waals surface area contributed by atoms with Gasteiger partial charge in [-0.15, -0.1) is 0 Å². The molecule has 0 amide bonds. The number of fused-ring (bicyclic) bond motifs is 1. The molecule has 0 aliphatic heterocycles. The van der Waals surface area contributed by atoms with Gasteiger partial charge in [-0.25, -0.2) is 4.98 Å². The number of rotatable bonds is 6. The second-order valence-corrected chi connectivity index (χ2v) is 5.95. The molecule has 0 aliphatic carbocycles. The van der Waals surface area contributed by atoms with Crippen molar-refractivity contribution >= 4 is 11.9 Å². The lowest BCUT2D eigenvalue weighted by Crippen LogP contribution is -1.94. The highest BCUT2D eigenvalue weighted by Crippen LogP contribution is 2.26. The molecule has 0 unspecified atom stereocenters. The van der Waals surface area contributed by atoms with Crippen LogP contribution in [-0.4, -0.2) is 38.9 Å². The van der Waals surface area contributed by atoms with E-state index < -0.39 is 0 Å². The summed E-state index contributed by atoms with van der Waals surface area (Å²) in [6.07, 6.45) is 9.06. The Hall–Kier alpha value is -3.51. The van der Waals surface area contributed by atoms with Crippen LogP contribution in [0.2, 0.25) is 0 Å². The zero-order chi connectivity index (χ0) is 18.5. The first-order valence-corrected chi connectivity index (χ1v) is 8.59. The third-order valence-corrected chi connectivity index (χ3v) is 4.15. The summed E-state index contributed by atoms with van der Waals surface area (Å²) >= 11 is 0. The van der Waals surface area contributed by atoms with E-state index in [0.717, 1.165) is 33.6 Å². The lowest BCUT2D eigenvalue weighted by Gasteiger charge is -2.06. The molecule has 3 aromatic heterocycles. The Bertz CT molecular complexity index is 1070. The second kappa shape index (κ2) is 7.80. The molecule has 0 aliphatic rings. The van der Waals surface area contributed by atoms with E-state index in [1.807, 2.05) is 53.3 Å². The summed E-state index contributed by atoms with van der Waals surface area (Å²) < 4.78 is 2.04. The molecule has 0 bridgehead atoms. The summed E-state index contributed by atoms with van der Waals surface area (Å²) in [5.41, 5.74) is 5.98. The van der Waals surface area contributed by atoms with Gasteiger partial charge in [-0.1, -0.05) is 29.4 Å². The van der Waals surface area contributed by atoms with Crippen LogP contribution in [0.4, 0.5) is 0 Å². The molecule has 0 atom stereocenters. The summed E-state index contributed by atoms with van der Waals surface area (Å²) in [4.78, 5) is 13.6. The minimum Gasteiger partial charge on any atom is -0.393 e. The summed E-state index contributed by atoms with van der Waals surface area (Å²) in [7, 11) is 0. The molecular formula is C21H18N4O2. The molecule has 0 saturated carbocycles. The smallest absolute Gasteiger partial charge is 0.140 e. The Labute approximate surface area is 156 Å². The van der Waals surface area contributed by atoms with Gasteiger partial charge in [-0.2, -0.15) is 0 Å². The fraction of sp³-hybridized carbons (Fsp3) is 0.0952. The normalized spacial score (nSPS) is 11.3. The van der Waals surface area contributed by atoms with Crippen LogP contribution >= 0.6 is 0 Å². The summed E-state index contributed by atoms with van der Waals surface area (Å²) in [6, 6.07) is 16.2. The summed E-state index contributed by atoms with van der Waals surface area (Å²) in [5.74, 6) is 0. The second-order valence-electron chi connectivity index (χ2n) is 5.95. The van der Waals surface area contributed by atoms with E-state index in [2.05, 4.69) is 33.3 Å². The largest absolute Gasteiger partial charge is 0.393 e. The van der Waals surface area contributed by atoms with Gasteiger partial charge in [-0.05, 0) is 29.8 Å². The fourth-order valence-corrected chi connectivity index (χ4v) is 2.87. The molecule has 6 nitrogen and oxygen atoms in total. The number of hydrogen-bond donors (Lipinski definition) is 1. The molecule has 4 aromatic rings. The van der Waals surface area contributed by atoms with Gasteiger partial charge in [0.05, 0.1) is 24.7 Å². The Balaban J connectivity index is 1.66. The van der Waals surface area contributed by atoms with E-state index in [9.17, 15) is 0 Å². The molecule has 1 N–H and O–H groups in total. The van der Waals surface area contributed by atoms with Crippen molar-refractivity contribution in [2.75, 3.05) is 13.2 Å². The van der Waals surface area contributed by atoms with Gasteiger partial charge in [0.15, 0.2) is 0 Å². The van der Waals surface area contributed by atoms with Gasteiger partial charge in [0.1, 0.15) is 12.3 Å². The van der Waals surface area contributed by atoms with Gasteiger partial charge >= 0.3 is 0 Å². The number of aliphatic hydroxyl groups is 1. The number of aliphatic hydroxyl groups excluding tert-OH is 1. The maximum Gasteiger partial charge on any atom is 0.140 e. The number of pyridine rings is 2. The molecule has 3 heterocycles. The molecule has 0 spiro atoms. The SMILES string of the molecule is OCCON=Cc1ccn2c(-c3cccc(-c4cccnc4)c3)cnc2c1. The van der Waals surface area contributed by atoms with Gasteiger partial charge in [0.25, 0.3) is 0 Å². The summed E-state index contributed by atoms with van der Waals surface area (Å²) in [5, 5.41) is 12.5. The zero-order valence-corrected chi connectivity index (χ0v) is 14.6. The Kier molecular flexibility index (Phi) is 4.89. The van der Waals surface area contributed by atoms with Crippen LogP contribution in [-0.2, 0) is 4.84 Å². The maximum atomic E-state index is 8.69. The van der Waals surface area contributed by atoms with Crippen molar-refractivity contribution in [3.63, 3.8) is 0 Å². The van der Waals surface area contributed by atoms with Crippen molar-refractivity contribution in [2.24, 2.45) is 5.16 Å². The van der Waals surface area contributed by atoms with Crippen molar-refractivity contribution < 1.29 is 9.94 Å². The van der Waals surface area contributed by atoms with E-state index in [1.165, 1.54) is 0 Å². The van der Waals surface area contributed by atoms with Gasteiger partial charge in [0, 0.05) is 35.3 Å². The summed E-state index contributed by atoms with van der Waals surface area (Å²) in [6.45, 7) is 0.123. The molecule has 4 rings (SSSR count). The Morgan fingerprint density at radius 2 is 1.93 bits per heavy atom. The number of hydrogen-bond acceptors (Lipinski definition) is 5. The quantitative estimate of drug-likeness (QED) is 0.326. The van der Waals surface area contributed by atoms with Crippen molar-refractivity contribution in [1.82, 2.24) is 14.4 Å². The lowest BCUT2D eigenvalue weighted by atomic mass is 10.0. The maximum absolute atomic E-state index is 8.69. The van der Waals surface area contributed by atoms with Crippen LogP contribution in [0.15, 0.2) is 78.5 Å². The number of aromatic nitrogens is 3. The molecule has 6 heteroatoms. The topological polar surface area (TPSA) is 72.0 Å².